The Morgan fingerprint density at radius 2 is 1.93 bits per heavy atom. The summed E-state index contributed by atoms with van der Waals surface area (Å²) in [7, 11) is 0. The fraction of sp³-hybridized carbons (Fsp3) is 0.333. The van der Waals surface area contributed by atoms with Gasteiger partial charge in [0.25, 0.3) is 0 Å². The van der Waals surface area contributed by atoms with E-state index in [0.717, 1.165) is 4.90 Å². The highest BCUT2D eigenvalue weighted by Crippen LogP contribution is 2.20. The lowest BCUT2D eigenvalue weighted by Gasteiger charge is -2.04. The van der Waals surface area contributed by atoms with Crippen LogP contribution < -0.4 is 0 Å². The van der Waals surface area contributed by atoms with Crippen LogP contribution in [-0.4, -0.2) is 17.8 Å². The van der Waals surface area contributed by atoms with Gasteiger partial charge in [-0.05, 0) is 24.8 Å². The molecule has 0 saturated carbocycles. The van der Waals surface area contributed by atoms with E-state index in [-0.39, 0.29) is 11.6 Å². The summed E-state index contributed by atoms with van der Waals surface area (Å²) < 4.78 is 0. The predicted molar refractivity (Wildman–Crippen MR) is 62.5 cm³/mol. The highest BCUT2D eigenvalue weighted by molar-refractivity contribution is 7.98. The number of thioether (sulfide) groups is 1. The largest absolute Gasteiger partial charge is 0.290 e. The maximum Gasteiger partial charge on any atom is 0.229 e. The molecule has 3 heteroatoms. The topological polar surface area (TPSA) is 34.1 Å². The number of carbonyl (C=O) groups excluding carboxylic acids is 2. The lowest BCUT2D eigenvalue weighted by Crippen LogP contribution is -2.14. The predicted octanol–water partition coefficient (Wildman–Crippen LogP) is 2.96. The van der Waals surface area contributed by atoms with Crippen LogP contribution in [0.1, 0.15) is 30.1 Å². The van der Waals surface area contributed by atoms with Gasteiger partial charge in [-0.3, -0.25) is 9.59 Å². The fourth-order valence-electron chi connectivity index (χ4n) is 1.32. The minimum absolute atomic E-state index is 0.293. The van der Waals surface area contributed by atoms with Crippen molar-refractivity contribution < 1.29 is 9.59 Å². The van der Waals surface area contributed by atoms with Gasteiger partial charge in [0.2, 0.25) is 11.6 Å². The van der Waals surface area contributed by atoms with Gasteiger partial charge < -0.3 is 0 Å². The van der Waals surface area contributed by atoms with Gasteiger partial charge in [-0.2, -0.15) is 0 Å². The Balaban J connectivity index is 2.95. The van der Waals surface area contributed by atoms with Crippen molar-refractivity contribution in [2.45, 2.75) is 24.7 Å². The van der Waals surface area contributed by atoms with Crippen molar-refractivity contribution in [1.29, 1.82) is 0 Å². The first kappa shape index (κ1) is 12.0. The first-order valence-corrected chi connectivity index (χ1v) is 6.13. The summed E-state index contributed by atoms with van der Waals surface area (Å²) >= 11 is 1.49. The number of rotatable bonds is 5. The molecule has 0 aliphatic rings. The van der Waals surface area contributed by atoms with E-state index in [1.165, 1.54) is 11.8 Å². The molecule has 0 heterocycles. The molecule has 0 N–H and O–H groups in total. The molecule has 1 rings (SSSR count). The number of ketones is 2. The van der Waals surface area contributed by atoms with Gasteiger partial charge in [0.1, 0.15) is 0 Å². The quantitative estimate of drug-likeness (QED) is 0.436. The molecule has 0 aliphatic heterocycles. The maximum atomic E-state index is 11.8. The van der Waals surface area contributed by atoms with E-state index in [1.54, 1.807) is 12.1 Å². The molecule has 0 unspecified atom stereocenters. The smallest absolute Gasteiger partial charge is 0.229 e. The molecule has 15 heavy (non-hydrogen) atoms. The minimum Gasteiger partial charge on any atom is -0.290 e. The molecular formula is C12H14O2S. The van der Waals surface area contributed by atoms with Crippen molar-refractivity contribution in [1.82, 2.24) is 0 Å². The summed E-state index contributed by atoms with van der Waals surface area (Å²) in [6.07, 6.45) is 2.95. The standard InChI is InChI=1S/C12H14O2S/c1-3-6-10(13)12(14)9-7-4-5-8-11(9)15-2/h4-5,7-8H,3,6H2,1-2H3. The normalized spacial score (nSPS) is 10.0. The van der Waals surface area contributed by atoms with Crippen LogP contribution in [0.2, 0.25) is 0 Å². The lowest BCUT2D eigenvalue weighted by molar-refractivity contribution is -0.115. The molecule has 0 atom stereocenters. The van der Waals surface area contributed by atoms with Gasteiger partial charge in [0.15, 0.2) is 0 Å². The van der Waals surface area contributed by atoms with Gasteiger partial charge in [-0.1, -0.05) is 19.1 Å². The Bertz CT molecular complexity index is 372. The third-order valence-corrected chi connectivity index (χ3v) is 2.88. The Kier molecular flexibility index (Phi) is 4.56. The second-order valence-electron chi connectivity index (χ2n) is 3.20. The number of Topliss-reactive ketones (excluding diaryl/α,β-unsaturated/α-hetero) is 2. The summed E-state index contributed by atoms with van der Waals surface area (Å²) in [6, 6.07) is 7.22. The van der Waals surface area contributed by atoms with E-state index in [2.05, 4.69) is 0 Å². The molecule has 2 nitrogen and oxygen atoms in total. The third kappa shape index (κ3) is 2.93. The zero-order valence-electron chi connectivity index (χ0n) is 8.95. The van der Waals surface area contributed by atoms with E-state index in [9.17, 15) is 9.59 Å². The summed E-state index contributed by atoms with van der Waals surface area (Å²) in [5.74, 6) is -0.652. The molecule has 0 spiro atoms. The Labute approximate surface area is 94.1 Å². The first-order chi connectivity index (χ1) is 7.20. The van der Waals surface area contributed by atoms with Crippen LogP contribution in [0, 0.1) is 0 Å². The van der Waals surface area contributed by atoms with Crippen molar-refractivity contribution in [2.75, 3.05) is 6.26 Å². The highest BCUT2D eigenvalue weighted by atomic mass is 32.2. The van der Waals surface area contributed by atoms with Gasteiger partial charge in [-0.15, -0.1) is 11.8 Å². The molecular weight excluding hydrogens is 208 g/mol. The van der Waals surface area contributed by atoms with Crippen LogP contribution >= 0.6 is 11.8 Å². The lowest BCUT2D eigenvalue weighted by atomic mass is 10.0. The van der Waals surface area contributed by atoms with E-state index in [4.69, 9.17) is 0 Å². The second-order valence-corrected chi connectivity index (χ2v) is 4.05. The van der Waals surface area contributed by atoms with E-state index >= 15 is 0 Å². The second kappa shape index (κ2) is 5.71. The zero-order chi connectivity index (χ0) is 11.3. The number of hydrogen-bond donors (Lipinski definition) is 0. The van der Waals surface area contributed by atoms with Crippen LogP contribution in [0.3, 0.4) is 0 Å². The summed E-state index contributed by atoms with van der Waals surface area (Å²) in [6.45, 7) is 1.89. The van der Waals surface area contributed by atoms with Gasteiger partial charge in [0.05, 0.1) is 0 Å². The molecule has 1 aromatic rings. The monoisotopic (exact) mass is 222 g/mol. The number of carbonyl (C=O) groups is 2. The van der Waals surface area contributed by atoms with E-state index in [1.807, 2.05) is 25.3 Å². The molecule has 0 amide bonds. The van der Waals surface area contributed by atoms with Gasteiger partial charge >= 0.3 is 0 Å². The number of benzene rings is 1. The highest BCUT2D eigenvalue weighted by Gasteiger charge is 2.17. The van der Waals surface area contributed by atoms with Crippen molar-refractivity contribution in [3.8, 4) is 0 Å². The third-order valence-electron chi connectivity index (χ3n) is 2.08. The molecule has 0 radical (unpaired) electrons. The van der Waals surface area contributed by atoms with Crippen LogP contribution in [0.25, 0.3) is 0 Å². The van der Waals surface area contributed by atoms with Gasteiger partial charge in [0, 0.05) is 16.9 Å². The van der Waals surface area contributed by atoms with Gasteiger partial charge in [-0.25, -0.2) is 0 Å². The molecule has 1 aromatic carbocycles. The molecule has 0 aromatic heterocycles. The molecule has 0 fully saturated rings. The molecule has 0 saturated heterocycles. The molecule has 80 valence electrons. The average molecular weight is 222 g/mol. The van der Waals surface area contributed by atoms with Crippen LogP contribution in [-0.2, 0) is 4.79 Å². The molecule has 0 bridgehead atoms. The van der Waals surface area contributed by atoms with Crippen LogP contribution in [0.5, 0.6) is 0 Å². The Hall–Kier alpha value is -1.09. The van der Waals surface area contributed by atoms with Crippen molar-refractivity contribution in [3.63, 3.8) is 0 Å². The first-order valence-electron chi connectivity index (χ1n) is 4.91. The summed E-state index contributed by atoms with van der Waals surface area (Å²) in [5, 5.41) is 0. The maximum absolute atomic E-state index is 11.8. The fourth-order valence-corrected chi connectivity index (χ4v) is 1.92. The van der Waals surface area contributed by atoms with Crippen LogP contribution in [0.15, 0.2) is 29.2 Å². The summed E-state index contributed by atoms with van der Waals surface area (Å²) in [4.78, 5) is 24.1. The Morgan fingerprint density at radius 3 is 2.53 bits per heavy atom. The zero-order valence-corrected chi connectivity index (χ0v) is 9.76. The van der Waals surface area contributed by atoms with Crippen molar-refractivity contribution in [3.05, 3.63) is 29.8 Å². The van der Waals surface area contributed by atoms with Crippen LogP contribution in [0.4, 0.5) is 0 Å². The Morgan fingerprint density at radius 1 is 1.27 bits per heavy atom. The van der Waals surface area contributed by atoms with Crippen molar-refractivity contribution in [2.24, 2.45) is 0 Å². The molecule has 0 aliphatic carbocycles. The van der Waals surface area contributed by atoms with E-state index < -0.39 is 0 Å². The summed E-state index contributed by atoms with van der Waals surface area (Å²) in [5.41, 5.74) is 0.531. The minimum atomic E-state index is -0.359. The van der Waals surface area contributed by atoms with Crippen molar-refractivity contribution >= 4 is 23.3 Å². The number of hydrogen-bond acceptors (Lipinski definition) is 3. The van der Waals surface area contributed by atoms with E-state index in [0.29, 0.717) is 18.4 Å². The average Bonchev–Trinajstić information content (AvgIpc) is 2.28. The SMILES string of the molecule is CCCC(=O)C(=O)c1ccccc1SC.